The Labute approximate surface area is 278 Å². The minimum absolute atomic E-state index is 0.00480. The Morgan fingerprint density at radius 1 is 0.851 bits per heavy atom. The summed E-state index contributed by atoms with van der Waals surface area (Å²) in [4.78, 5) is 15.3. The summed E-state index contributed by atoms with van der Waals surface area (Å²) in [7, 11) is 0. The molecule has 7 aliphatic rings. The summed E-state index contributed by atoms with van der Waals surface area (Å²) in [5, 5.41) is 12.0. The molecular weight excluding hydrogens is 582 g/mol. The molecule has 0 amide bonds. The average Bonchev–Trinajstić information content (AvgIpc) is 3.74. The Balaban J connectivity index is 0.907. The van der Waals surface area contributed by atoms with E-state index in [0.29, 0.717) is 17.9 Å². The molecule has 3 aromatic rings. The molecule has 9 nitrogen and oxygen atoms in total. The summed E-state index contributed by atoms with van der Waals surface area (Å²) in [6, 6.07) is 10.5. The first-order valence-corrected chi connectivity index (χ1v) is 18.4. The molecule has 9 heteroatoms. The molecule has 1 aromatic carbocycles. The topological polar surface area (TPSA) is 100 Å². The molecule has 47 heavy (non-hydrogen) atoms. The number of aryl methyl sites for hydroxylation is 3. The molecule has 2 bridgehead atoms. The standard InChI is InChI=1S/C38H49N9/c39-36-43-37(44-47(36)34-25-32(35-33(42-34)4-3-19-40-35)38-16-11-26(12-17-38)13-18-38)41-29-8-5-27-6-9-30(10-7-28(27)24-29)46-22-14-31(15-23-46)45-20-1-2-21-45/h5,8,11-12,16,24-25,30-31,40H,1-4,6-7,9-10,13-15,17-23H2,(H3,39,41,43,44). The maximum atomic E-state index is 6.53. The van der Waals surface area contributed by atoms with E-state index in [0.717, 1.165) is 74.7 Å². The van der Waals surface area contributed by atoms with Crippen molar-refractivity contribution in [3.8, 4) is 5.82 Å². The van der Waals surface area contributed by atoms with Crippen molar-refractivity contribution >= 4 is 23.3 Å². The van der Waals surface area contributed by atoms with Gasteiger partial charge in [0.2, 0.25) is 11.9 Å². The van der Waals surface area contributed by atoms with Crippen LogP contribution < -0.4 is 16.4 Å². The monoisotopic (exact) mass is 631 g/mol. The van der Waals surface area contributed by atoms with Crippen LogP contribution in [-0.2, 0) is 24.7 Å². The normalized spacial score (nSPS) is 26.4. The molecule has 2 atom stereocenters. The lowest BCUT2D eigenvalue weighted by molar-refractivity contribution is 0.0900. The number of nitrogens with two attached hydrogens (primary N) is 1. The Morgan fingerprint density at radius 3 is 2.45 bits per heavy atom. The van der Waals surface area contributed by atoms with E-state index in [1.54, 1.807) is 4.68 Å². The average molecular weight is 632 g/mol. The van der Waals surface area contributed by atoms with Crippen molar-refractivity contribution in [3.05, 3.63) is 70.5 Å². The number of likely N-dealkylation sites (tertiary alicyclic amines) is 2. The Hall–Kier alpha value is -3.69. The van der Waals surface area contributed by atoms with Crippen molar-refractivity contribution in [2.24, 2.45) is 0 Å². The van der Waals surface area contributed by atoms with Crippen molar-refractivity contribution < 1.29 is 0 Å². The molecule has 0 saturated carbocycles. The van der Waals surface area contributed by atoms with Crippen LogP contribution in [0.2, 0.25) is 0 Å². The molecule has 5 heterocycles. The van der Waals surface area contributed by atoms with Crippen molar-refractivity contribution in [2.75, 3.05) is 49.1 Å². The van der Waals surface area contributed by atoms with Crippen molar-refractivity contribution in [2.45, 2.75) is 101 Å². The van der Waals surface area contributed by atoms with Crippen LogP contribution in [0.4, 0.5) is 23.3 Å². The van der Waals surface area contributed by atoms with Gasteiger partial charge in [0.1, 0.15) is 0 Å². The van der Waals surface area contributed by atoms with Gasteiger partial charge in [0.25, 0.3) is 0 Å². The van der Waals surface area contributed by atoms with Crippen LogP contribution in [0.3, 0.4) is 0 Å². The largest absolute Gasteiger partial charge is 0.383 e. The van der Waals surface area contributed by atoms with Gasteiger partial charge in [-0.15, -0.1) is 5.10 Å². The Morgan fingerprint density at radius 2 is 1.66 bits per heavy atom. The summed E-state index contributed by atoms with van der Waals surface area (Å²) >= 11 is 0. The number of nitrogen functional groups attached to an aromatic ring is 1. The minimum atomic E-state index is -0.00480. The lowest BCUT2D eigenvalue weighted by Gasteiger charge is -2.40. The van der Waals surface area contributed by atoms with Crippen LogP contribution in [0.15, 0.2) is 48.1 Å². The van der Waals surface area contributed by atoms with Gasteiger partial charge in [0.05, 0.1) is 11.4 Å². The third kappa shape index (κ3) is 5.55. The van der Waals surface area contributed by atoms with Crippen LogP contribution in [0.1, 0.15) is 86.6 Å². The molecule has 2 aromatic heterocycles. The molecule has 2 fully saturated rings. The lowest BCUT2D eigenvalue weighted by atomic mass is 9.65. The first-order chi connectivity index (χ1) is 23.1. The van der Waals surface area contributed by atoms with Gasteiger partial charge >= 0.3 is 0 Å². The fraction of sp³-hybridized carbons (Fsp3) is 0.553. The highest BCUT2D eigenvalue weighted by molar-refractivity contribution is 5.65. The molecule has 10 rings (SSSR count). The van der Waals surface area contributed by atoms with Gasteiger partial charge in [0, 0.05) is 29.7 Å². The number of allylic oxidation sites excluding steroid dienone is 4. The predicted octanol–water partition coefficient (Wildman–Crippen LogP) is 6.07. The third-order valence-corrected chi connectivity index (χ3v) is 12.2. The summed E-state index contributed by atoms with van der Waals surface area (Å²) in [6.07, 6.45) is 22.7. The molecular formula is C38H49N9. The number of pyridine rings is 1. The number of aromatic nitrogens is 4. The quantitative estimate of drug-likeness (QED) is 0.282. The summed E-state index contributed by atoms with van der Waals surface area (Å²) in [6.45, 7) is 6.15. The summed E-state index contributed by atoms with van der Waals surface area (Å²) < 4.78 is 1.72. The highest BCUT2D eigenvalue weighted by atomic mass is 15.4. The first-order valence-electron chi connectivity index (χ1n) is 18.4. The van der Waals surface area contributed by atoms with E-state index in [1.807, 2.05) is 0 Å². The lowest BCUT2D eigenvalue weighted by Crippen LogP contribution is -2.47. The van der Waals surface area contributed by atoms with Crippen molar-refractivity contribution in [3.63, 3.8) is 0 Å². The number of anilines is 4. The fourth-order valence-electron chi connectivity index (χ4n) is 9.45. The highest BCUT2D eigenvalue weighted by Gasteiger charge is 2.38. The number of piperidine rings is 1. The highest BCUT2D eigenvalue weighted by Crippen LogP contribution is 2.48. The number of hydrogen-bond donors (Lipinski definition) is 3. The molecule has 0 spiro atoms. The number of nitrogens with zero attached hydrogens (tertiary/aromatic N) is 6. The van der Waals surface area contributed by atoms with Gasteiger partial charge in [-0.1, -0.05) is 29.9 Å². The van der Waals surface area contributed by atoms with Crippen LogP contribution in [0.25, 0.3) is 5.82 Å². The van der Waals surface area contributed by atoms with Crippen molar-refractivity contribution in [1.82, 2.24) is 29.5 Å². The van der Waals surface area contributed by atoms with Crippen LogP contribution in [0.5, 0.6) is 0 Å². The number of fused-ring (bicyclic) bond motifs is 4. The zero-order valence-corrected chi connectivity index (χ0v) is 27.7. The van der Waals surface area contributed by atoms with E-state index in [4.69, 9.17) is 15.8 Å². The smallest absolute Gasteiger partial charge is 0.248 e. The van der Waals surface area contributed by atoms with E-state index >= 15 is 0 Å². The molecule has 2 saturated heterocycles. The number of benzene rings is 1. The molecule has 4 aliphatic carbocycles. The molecule has 2 unspecified atom stereocenters. The Kier molecular flexibility index (Phi) is 7.57. The van der Waals surface area contributed by atoms with Crippen LogP contribution in [0, 0.1) is 0 Å². The van der Waals surface area contributed by atoms with E-state index in [1.165, 1.54) is 92.7 Å². The molecule has 246 valence electrons. The van der Waals surface area contributed by atoms with Gasteiger partial charge in [-0.2, -0.15) is 9.67 Å². The molecule has 3 aliphatic heterocycles. The maximum absolute atomic E-state index is 6.53. The zero-order valence-electron chi connectivity index (χ0n) is 27.7. The van der Waals surface area contributed by atoms with Gasteiger partial charge in [-0.25, -0.2) is 4.98 Å². The number of rotatable bonds is 6. The van der Waals surface area contributed by atoms with E-state index in [-0.39, 0.29) is 5.41 Å². The van der Waals surface area contributed by atoms with Gasteiger partial charge in [0.15, 0.2) is 5.82 Å². The number of hydrogen-bond acceptors (Lipinski definition) is 8. The third-order valence-electron chi connectivity index (χ3n) is 12.2. The van der Waals surface area contributed by atoms with Crippen LogP contribution >= 0.6 is 0 Å². The second kappa shape index (κ2) is 12.1. The Bertz CT molecular complexity index is 1710. The van der Waals surface area contributed by atoms with E-state index in [2.05, 4.69) is 67.9 Å². The van der Waals surface area contributed by atoms with Gasteiger partial charge < -0.3 is 26.2 Å². The SMILES string of the molecule is Nc1nc(Nc2ccc3c(c2)CCC(N2CCC(N4CCCC4)CC2)CC3)nn1-c1cc(C23C=CC(=CC2)CC3)c2c(n1)CCCN2. The molecule has 4 N–H and O–H groups in total. The maximum Gasteiger partial charge on any atom is 0.248 e. The van der Waals surface area contributed by atoms with E-state index in [9.17, 15) is 0 Å². The predicted molar refractivity (Wildman–Crippen MR) is 189 cm³/mol. The zero-order chi connectivity index (χ0) is 31.4. The summed E-state index contributed by atoms with van der Waals surface area (Å²) in [5.41, 5.74) is 15.6. The van der Waals surface area contributed by atoms with Gasteiger partial charge in [-0.3, -0.25) is 0 Å². The first kappa shape index (κ1) is 29.4. The second-order valence-electron chi connectivity index (χ2n) is 14.9. The van der Waals surface area contributed by atoms with Crippen LogP contribution in [-0.4, -0.2) is 74.4 Å². The number of nitrogens with one attached hydrogen (secondary N) is 2. The van der Waals surface area contributed by atoms with E-state index < -0.39 is 0 Å². The molecule has 0 radical (unpaired) electrons. The summed E-state index contributed by atoms with van der Waals surface area (Å²) in [5.74, 6) is 1.61. The fourth-order valence-corrected chi connectivity index (χ4v) is 9.45. The van der Waals surface area contributed by atoms with Gasteiger partial charge in [-0.05, 0) is 145 Å². The van der Waals surface area contributed by atoms with Crippen molar-refractivity contribution in [1.29, 1.82) is 0 Å². The minimum Gasteiger partial charge on any atom is -0.383 e. The second-order valence-corrected chi connectivity index (χ2v) is 14.9.